The zero-order valence-electron chi connectivity index (χ0n) is 18.6. The number of H-pyrrole nitrogens is 1. The van der Waals surface area contributed by atoms with Gasteiger partial charge < -0.3 is 20.6 Å². The number of aromatic hydroxyl groups is 1. The largest absolute Gasteiger partial charge is 0.505 e. The number of nitrogens with one attached hydrogen (secondary N) is 3. The number of phenols is 1. The minimum absolute atomic E-state index is 0.00134. The SMILES string of the molecule is CCn1[nH]c(=O)c(NC(C)C(C)(C)C)c(Nc2cccc(C(=O)N(C)C)c2O)c1=O. The van der Waals surface area contributed by atoms with Gasteiger partial charge in [0.1, 0.15) is 11.4 Å². The van der Waals surface area contributed by atoms with E-state index in [0.29, 0.717) is 0 Å². The Kier molecular flexibility index (Phi) is 6.64. The van der Waals surface area contributed by atoms with Crippen LogP contribution < -0.4 is 21.8 Å². The van der Waals surface area contributed by atoms with Gasteiger partial charge in [-0.25, -0.2) is 4.68 Å². The molecule has 0 aliphatic rings. The fourth-order valence-corrected chi connectivity index (χ4v) is 2.69. The van der Waals surface area contributed by atoms with Gasteiger partial charge in [0.2, 0.25) is 0 Å². The number of anilines is 3. The smallest absolute Gasteiger partial charge is 0.291 e. The Labute approximate surface area is 175 Å². The molecule has 0 radical (unpaired) electrons. The second-order valence-electron chi connectivity index (χ2n) is 8.50. The molecular formula is C21H31N5O4. The molecule has 0 spiro atoms. The number of amides is 1. The number of carbonyl (C=O) groups is 1. The molecule has 1 unspecified atom stereocenters. The summed E-state index contributed by atoms with van der Waals surface area (Å²) < 4.78 is 1.18. The van der Waals surface area contributed by atoms with Crippen LogP contribution in [-0.2, 0) is 6.54 Å². The molecule has 0 bridgehead atoms. The lowest BCUT2D eigenvalue weighted by molar-refractivity contribution is 0.0824. The molecule has 0 saturated carbocycles. The lowest BCUT2D eigenvalue weighted by atomic mass is 9.88. The molecule has 1 amide bonds. The summed E-state index contributed by atoms with van der Waals surface area (Å²) in [7, 11) is 3.16. The Balaban J connectivity index is 2.63. The van der Waals surface area contributed by atoms with Crippen LogP contribution >= 0.6 is 0 Å². The monoisotopic (exact) mass is 417 g/mol. The first-order valence-electron chi connectivity index (χ1n) is 9.82. The lowest BCUT2D eigenvalue weighted by Gasteiger charge is -2.29. The number of aryl methyl sites for hydroxylation is 1. The van der Waals surface area contributed by atoms with Gasteiger partial charge in [-0.05, 0) is 31.4 Å². The fourth-order valence-electron chi connectivity index (χ4n) is 2.69. The third-order valence-electron chi connectivity index (χ3n) is 5.08. The quantitative estimate of drug-likeness (QED) is 0.536. The van der Waals surface area contributed by atoms with Crippen molar-refractivity contribution in [1.29, 1.82) is 0 Å². The molecule has 2 aromatic rings. The van der Waals surface area contributed by atoms with E-state index in [1.54, 1.807) is 27.1 Å². The van der Waals surface area contributed by atoms with Gasteiger partial charge in [-0.15, -0.1) is 0 Å². The summed E-state index contributed by atoms with van der Waals surface area (Å²) in [6.45, 7) is 9.97. The molecule has 0 aliphatic carbocycles. The van der Waals surface area contributed by atoms with Gasteiger partial charge in [0.05, 0.1) is 11.3 Å². The van der Waals surface area contributed by atoms with Crippen molar-refractivity contribution >= 4 is 23.0 Å². The van der Waals surface area contributed by atoms with Crippen LogP contribution in [0.2, 0.25) is 0 Å². The molecule has 0 saturated heterocycles. The summed E-state index contributed by atoms with van der Waals surface area (Å²) in [5.41, 5.74) is -0.775. The molecule has 1 heterocycles. The van der Waals surface area contributed by atoms with Crippen molar-refractivity contribution in [2.75, 3.05) is 24.7 Å². The number of hydrogen-bond acceptors (Lipinski definition) is 6. The maximum atomic E-state index is 13.0. The molecule has 164 valence electrons. The van der Waals surface area contributed by atoms with E-state index in [0.717, 1.165) is 0 Å². The molecule has 1 aromatic heterocycles. The third kappa shape index (κ3) is 4.67. The van der Waals surface area contributed by atoms with Crippen molar-refractivity contribution in [2.24, 2.45) is 5.41 Å². The van der Waals surface area contributed by atoms with Crippen molar-refractivity contribution in [3.63, 3.8) is 0 Å². The summed E-state index contributed by atoms with van der Waals surface area (Å²) in [5, 5.41) is 19.2. The number of benzene rings is 1. The van der Waals surface area contributed by atoms with Gasteiger partial charge >= 0.3 is 0 Å². The van der Waals surface area contributed by atoms with Crippen molar-refractivity contribution in [3.05, 3.63) is 44.5 Å². The van der Waals surface area contributed by atoms with E-state index in [-0.39, 0.29) is 52.3 Å². The highest BCUT2D eigenvalue weighted by Crippen LogP contribution is 2.32. The van der Waals surface area contributed by atoms with E-state index >= 15 is 0 Å². The Bertz CT molecular complexity index is 1050. The van der Waals surface area contributed by atoms with Gasteiger partial charge in [0, 0.05) is 26.7 Å². The van der Waals surface area contributed by atoms with E-state index in [4.69, 9.17) is 0 Å². The molecular weight excluding hydrogens is 386 g/mol. The summed E-state index contributed by atoms with van der Waals surface area (Å²) >= 11 is 0. The number of nitrogens with zero attached hydrogens (tertiary/aromatic N) is 2. The molecule has 4 N–H and O–H groups in total. The zero-order valence-corrected chi connectivity index (χ0v) is 18.6. The predicted octanol–water partition coefficient (Wildman–Crippen LogP) is 2.55. The van der Waals surface area contributed by atoms with Crippen molar-refractivity contribution in [3.8, 4) is 5.75 Å². The van der Waals surface area contributed by atoms with Crippen molar-refractivity contribution in [2.45, 2.75) is 47.2 Å². The third-order valence-corrected chi connectivity index (χ3v) is 5.08. The topological polar surface area (TPSA) is 119 Å². The molecule has 9 heteroatoms. The van der Waals surface area contributed by atoms with E-state index in [2.05, 4.69) is 15.7 Å². The molecule has 0 aliphatic heterocycles. The second-order valence-corrected chi connectivity index (χ2v) is 8.50. The van der Waals surface area contributed by atoms with Gasteiger partial charge in [0.15, 0.2) is 5.75 Å². The first-order chi connectivity index (χ1) is 13.9. The van der Waals surface area contributed by atoms with Crippen molar-refractivity contribution < 1.29 is 9.90 Å². The first kappa shape index (κ1) is 23.1. The van der Waals surface area contributed by atoms with Gasteiger partial charge in [-0.2, -0.15) is 0 Å². The van der Waals surface area contributed by atoms with Crippen molar-refractivity contribution in [1.82, 2.24) is 14.7 Å². The molecule has 30 heavy (non-hydrogen) atoms. The fraction of sp³-hybridized carbons (Fsp3) is 0.476. The average molecular weight is 418 g/mol. The van der Waals surface area contributed by atoms with Crippen LogP contribution in [0.1, 0.15) is 45.0 Å². The highest BCUT2D eigenvalue weighted by molar-refractivity contribution is 5.98. The molecule has 1 aromatic carbocycles. The Hall–Kier alpha value is -3.23. The number of aromatic nitrogens is 2. The van der Waals surface area contributed by atoms with Crippen LogP contribution in [0.3, 0.4) is 0 Å². The Morgan fingerprint density at radius 3 is 2.40 bits per heavy atom. The van der Waals surface area contributed by atoms with Gasteiger partial charge in [-0.3, -0.25) is 19.5 Å². The lowest BCUT2D eigenvalue weighted by Crippen LogP contribution is -2.38. The highest BCUT2D eigenvalue weighted by Gasteiger charge is 2.25. The highest BCUT2D eigenvalue weighted by atomic mass is 16.3. The van der Waals surface area contributed by atoms with E-state index in [1.807, 2.05) is 27.7 Å². The summed E-state index contributed by atoms with van der Waals surface area (Å²) in [4.78, 5) is 39.4. The minimum atomic E-state index is -0.463. The summed E-state index contributed by atoms with van der Waals surface area (Å²) in [6, 6.07) is 4.49. The Morgan fingerprint density at radius 2 is 1.87 bits per heavy atom. The van der Waals surface area contributed by atoms with Crippen LogP contribution in [0.15, 0.2) is 27.8 Å². The summed E-state index contributed by atoms with van der Waals surface area (Å²) in [5.74, 6) is -0.679. The maximum Gasteiger partial charge on any atom is 0.291 e. The number of aromatic amines is 1. The number of phenolic OH excluding ortho intramolecular Hbond substituents is 1. The van der Waals surface area contributed by atoms with E-state index < -0.39 is 11.1 Å². The van der Waals surface area contributed by atoms with E-state index in [9.17, 15) is 19.5 Å². The molecule has 1 atom stereocenters. The molecule has 9 nitrogen and oxygen atoms in total. The van der Waals surface area contributed by atoms with Crippen LogP contribution in [0, 0.1) is 5.41 Å². The number of rotatable bonds is 6. The zero-order chi connectivity index (χ0) is 22.8. The maximum absolute atomic E-state index is 13.0. The van der Waals surface area contributed by atoms with Crippen LogP contribution in [0.5, 0.6) is 5.75 Å². The van der Waals surface area contributed by atoms with Gasteiger partial charge in [0.25, 0.3) is 17.0 Å². The number of carbonyl (C=O) groups excluding carboxylic acids is 1. The average Bonchev–Trinajstić information content (AvgIpc) is 2.66. The molecule has 2 rings (SSSR count). The molecule has 0 fully saturated rings. The van der Waals surface area contributed by atoms with Crippen LogP contribution in [-0.4, -0.2) is 45.8 Å². The first-order valence-corrected chi connectivity index (χ1v) is 9.82. The van der Waals surface area contributed by atoms with E-state index in [1.165, 1.54) is 21.7 Å². The number of hydrogen-bond donors (Lipinski definition) is 4. The van der Waals surface area contributed by atoms with Gasteiger partial charge in [-0.1, -0.05) is 26.8 Å². The standard InChI is InChI=1S/C21H31N5O4/c1-8-26-20(30)16(15(18(28)24-26)22-12(2)21(3,4)5)23-14-11-9-10-13(17(14)27)19(29)25(6)7/h9-12,22-23,27H,8H2,1-7H3,(H,24,28). The number of para-hydroxylation sites is 1. The minimum Gasteiger partial charge on any atom is -0.505 e. The predicted molar refractivity (Wildman–Crippen MR) is 119 cm³/mol. The Morgan fingerprint density at radius 1 is 1.23 bits per heavy atom. The van der Waals surface area contributed by atoms with Crippen LogP contribution in [0.25, 0.3) is 0 Å². The summed E-state index contributed by atoms with van der Waals surface area (Å²) in [6.07, 6.45) is 0. The normalized spacial score (nSPS) is 12.4. The second kappa shape index (κ2) is 8.64. The van der Waals surface area contributed by atoms with Crippen LogP contribution in [0.4, 0.5) is 17.1 Å².